The lowest BCUT2D eigenvalue weighted by Gasteiger charge is -2.26. The number of rotatable bonds is 3. The van der Waals surface area contributed by atoms with Crippen LogP contribution in [0, 0.1) is 0 Å². The molecule has 2 aliphatic rings. The van der Waals surface area contributed by atoms with Crippen LogP contribution in [0.1, 0.15) is 12.8 Å². The summed E-state index contributed by atoms with van der Waals surface area (Å²) in [5, 5.41) is 3.12. The number of hydrogen-bond donors (Lipinski definition) is 1. The number of nitrogens with one attached hydrogen (secondary N) is 1. The van der Waals surface area contributed by atoms with Crippen molar-refractivity contribution in [2.45, 2.75) is 17.7 Å². The lowest BCUT2D eigenvalue weighted by atomic mass is 10.4. The van der Waals surface area contributed by atoms with Gasteiger partial charge < -0.3 is 5.32 Å². The molecule has 1 amide bonds. The molecule has 0 aromatic carbocycles. The highest BCUT2D eigenvalue weighted by atomic mass is 32.2. The molecule has 0 bridgehead atoms. The highest BCUT2D eigenvalue weighted by Crippen LogP contribution is 2.21. The Labute approximate surface area is 124 Å². The minimum atomic E-state index is -3.49. The quantitative estimate of drug-likeness (QED) is 0.836. The van der Waals surface area contributed by atoms with Crippen LogP contribution >= 0.6 is 0 Å². The third-order valence-corrected chi connectivity index (χ3v) is 5.67. The van der Waals surface area contributed by atoms with Crippen LogP contribution in [-0.4, -0.2) is 56.3 Å². The van der Waals surface area contributed by atoms with E-state index in [-0.39, 0.29) is 10.8 Å². The maximum atomic E-state index is 12.5. The first-order valence-corrected chi connectivity index (χ1v) is 8.50. The predicted molar refractivity (Wildman–Crippen MR) is 77.5 cm³/mol. The number of carbonyl (C=O) groups excluding carboxylic acids is 1. The zero-order valence-electron chi connectivity index (χ0n) is 11.7. The molecule has 0 unspecified atom stereocenters. The van der Waals surface area contributed by atoms with Gasteiger partial charge in [0.1, 0.15) is 10.7 Å². The first-order valence-electron chi connectivity index (χ1n) is 7.06. The van der Waals surface area contributed by atoms with Crippen molar-refractivity contribution < 1.29 is 13.2 Å². The van der Waals surface area contributed by atoms with Crippen LogP contribution in [0.25, 0.3) is 0 Å². The summed E-state index contributed by atoms with van der Waals surface area (Å²) in [4.78, 5) is 17.6. The van der Waals surface area contributed by atoms with Gasteiger partial charge in [-0.3, -0.25) is 9.69 Å². The number of amides is 1. The zero-order chi connectivity index (χ0) is 14.9. The highest BCUT2D eigenvalue weighted by Gasteiger charge is 2.27. The summed E-state index contributed by atoms with van der Waals surface area (Å²) in [6, 6.07) is 3.14. The molecular formula is C13H18N4O3S. The molecule has 0 spiro atoms. The van der Waals surface area contributed by atoms with Crippen molar-refractivity contribution >= 4 is 21.7 Å². The van der Waals surface area contributed by atoms with Gasteiger partial charge in [0.25, 0.3) is 0 Å². The molecule has 2 saturated heterocycles. The van der Waals surface area contributed by atoms with Gasteiger partial charge >= 0.3 is 0 Å². The van der Waals surface area contributed by atoms with E-state index in [2.05, 4.69) is 10.3 Å². The van der Waals surface area contributed by atoms with E-state index in [1.807, 2.05) is 0 Å². The van der Waals surface area contributed by atoms with Gasteiger partial charge in [0.15, 0.2) is 0 Å². The van der Waals surface area contributed by atoms with Crippen molar-refractivity contribution in [2.75, 3.05) is 37.6 Å². The number of aromatic nitrogens is 1. The summed E-state index contributed by atoms with van der Waals surface area (Å²) >= 11 is 0. The molecule has 0 saturated carbocycles. The van der Waals surface area contributed by atoms with Crippen molar-refractivity contribution in [1.29, 1.82) is 0 Å². The summed E-state index contributed by atoms with van der Waals surface area (Å²) < 4.78 is 26.4. The minimum Gasteiger partial charge on any atom is -0.314 e. The molecular weight excluding hydrogens is 292 g/mol. The summed E-state index contributed by atoms with van der Waals surface area (Å²) in [7, 11) is -3.49. The predicted octanol–water partition coefficient (Wildman–Crippen LogP) is -0.198. The highest BCUT2D eigenvalue weighted by molar-refractivity contribution is 7.89. The number of piperazine rings is 1. The van der Waals surface area contributed by atoms with Crippen molar-refractivity contribution in [3.63, 3.8) is 0 Å². The average molecular weight is 310 g/mol. The van der Waals surface area contributed by atoms with Crippen molar-refractivity contribution in [2.24, 2.45) is 0 Å². The Kier molecular flexibility index (Phi) is 3.92. The molecule has 8 heteroatoms. The molecule has 3 heterocycles. The van der Waals surface area contributed by atoms with Crippen LogP contribution in [0.3, 0.4) is 0 Å². The van der Waals surface area contributed by atoms with E-state index in [9.17, 15) is 13.2 Å². The number of carbonyl (C=O) groups is 1. The van der Waals surface area contributed by atoms with Crippen LogP contribution in [0.5, 0.6) is 0 Å². The zero-order valence-corrected chi connectivity index (χ0v) is 12.5. The fraction of sp³-hybridized carbons (Fsp3) is 0.538. The van der Waals surface area contributed by atoms with Gasteiger partial charge in [-0.2, -0.15) is 4.31 Å². The standard InChI is InChI=1S/C13H18N4O3S/c18-13-2-1-7-17(13)12-4-3-11(10-15-12)21(19,20)16-8-5-14-6-9-16/h3-4,10,14H,1-2,5-9H2. The molecule has 2 aliphatic heterocycles. The second-order valence-electron chi connectivity index (χ2n) is 5.16. The van der Waals surface area contributed by atoms with Crippen LogP contribution in [0.15, 0.2) is 23.2 Å². The fourth-order valence-electron chi connectivity index (χ4n) is 2.61. The van der Waals surface area contributed by atoms with Crippen LogP contribution < -0.4 is 10.2 Å². The van der Waals surface area contributed by atoms with E-state index in [1.165, 1.54) is 16.6 Å². The smallest absolute Gasteiger partial charge is 0.244 e. The van der Waals surface area contributed by atoms with E-state index >= 15 is 0 Å². The summed E-state index contributed by atoms with van der Waals surface area (Å²) in [5.41, 5.74) is 0. The Hall–Kier alpha value is -1.51. The van der Waals surface area contributed by atoms with Crippen LogP contribution in [0.4, 0.5) is 5.82 Å². The van der Waals surface area contributed by atoms with E-state index in [4.69, 9.17) is 0 Å². The molecule has 7 nitrogen and oxygen atoms in total. The maximum absolute atomic E-state index is 12.5. The number of pyridine rings is 1. The number of hydrogen-bond acceptors (Lipinski definition) is 5. The Balaban J connectivity index is 1.81. The van der Waals surface area contributed by atoms with E-state index in [0.717, 1.165) is 6.42 Å². The SMILES string of the molecule is O=C1CCCN1c1ccc(S(=O)(=O)N2CCNCC2)cn1. The molecule has 21 heavy (non-hydrogen) atoms. The molecule has 0 atom stereocenters. The molecule has 1 N–H and O–H groups in total. The Morgan fingerprint density at radius 3 is 2.48 bits per heavy atom. The summed E-state index contributed by atoms with van der Waals surface area (Å²) in [6.07, 6.45) is 2.70. The van der Waals surface area contributed by atoms with Crippen molar-refractivity contribution in [3.8, 4) is 0 Å². The largest absolute Gasteiger partial charge is 0.314 e. The molecule has 3 rings (SSSR count). The topological polar surface area (TPSA) is 82.6 Å². The van der Waals surface area contributed by atoms with Gasteiger partial charge in [0, 0.05) is 45.3 Å². The second kappa shape index (κ2) is 5.70. The van der Waals surface area contributed by atoms with Gasteiger partial charge in [-0.05, 0) is 18.6 Å². The first-order chi connectivity index (χ1) is 10.1. The van der Waals surface area contributed by atoms with E-state index in [1.54, 1.807) is 11.0 Å². The van der Waals surface area contributed by atoms with Gasteiger partial charge in [-0.25, -0.2) is 13.4 Å². The van der Waals surface area contributed by atoms with E-state index in [0.29, 0.717) is 45.0 Å². The Morgan fingerprint density at radius 2 is 1.90 bits per heavy atom. The number of anilines is 1. The van der Waals surface area contributed by atoms with Gasteiger partial charge in [0.2, 0.25) is 15.9 Å². The normalized spacial score (nSPS) is 21.0. The molecule has 0 radical (unpaired) electrons. The first kappa shape index (κ1) is 14.4. The lowest BCUT2D eigenvalue weighted by Crippen LogP contribution is -2.46. The minimum absolute atomic E-state index is 0.0419. The molecule has 0 aliphatic carbocycles. The van der Waals surface area contributed by atoms with E-state index < -0.39 is 10.0 Å². The Morgan fingerprint density at radius 1 is 1.14 bits per heavy atom. The Bertz CT molecular complexity index is 623. The molecule has 2 fully saturated rings. The lowest BCUT2D eigenvalue weighted by molar-refractivity contribution is -0.117. The van der Waals surface area contributed by atoms with Crippen molar-refractivity contribution in [3.05, 3.63) is 18.3 Å². The fourth-order valence-corrected chi connectivity index (χ4v) is 4.00. The molecule has 1 aromatic heterocycles. The third-order valence-electron chi connectivity index (χ3n) is 3.78. The van der Waals surface area contributed by atoms with Crippen LogP contribution in [-0.2, 0) is 14.8 Å². The van der Waals surface area contributed by atoms with Gasteiger partial charge in [-0.15, -0.1) is 0 Å². The summed E-state index contributed by atoms with van der Waals surface area (Å²) in [5.74, 6) is 0.567. The van der Waals surface area contributed by atoms with Gasteiger partial charge in [-0.1, -0.05) is 0 Å². The number of sulfonamides is 1. The summed E-state index contributed by atoms with van der Waals surface area (Å²) in [6.45, 7) is 2.90. The molecule has 1 aromatic rings. The maximum Gasteiger partial charge on any atom is 0.244 e. The van der Waals surface area contributed by atoms with Crippen molar-refractivity contribution in [1.82, 2.24) is 14.6 Å². The van der Waals surface area contributed by atoms with Crippen LogP contribution in [0.2, 0.25) is 0 Å². The molecule has 114 valence electrons. The average Bonchev–Trinajstić information content (AvgIpc) is 2.94. The monoisotopic (exact) mass is 310 g/mol. The third kappa shape index (κ3) is 2.78. The number of nitrogens with zero attached hydrogens (tertiary/aromatic N) is 3. The van der Waals surface area contributed by atoms with Gasteiger partial charge in [0.05, 0.1) is 0 Å². The second-order valence-corrected chi connectivity index (χ2v) is 7.09.